The molecule has 3 unspecified atom stereocenters. The molecule has 1 fully saturated rings. The fourth-order valence-corrected chi connectivity index (χ4v) is 3.74. The Morgan fingerprint density at radius 3 is 2.94 bits per heavy atom. The quantitative estimate of drug-likeness (QED) is 0.658. The lowest BCUT2D eigenvalue weighted by Crippen LogP contribution is -2.57. The van der Waals surface area contributed by atoms with Crippen LogP contribution in [0.25, 0.3) is 0 Å². The molecule has 0 aliphatic heterocycles. The maximum absolute atomic E-state index is 11.6. The number of amides is 1. The summed E-state index contributed by atoms with van der Waals surface area (Å²) in [5.41, 5.74) is 4.99. The van der Waals surface area contributed by atoms with Gasteiger partial charge in [0, 0.05) is 11.9 Å². The molecule has 0 aromatic carbocycles. The van der Waals surface area contributed by atoms with E-state index in [0.29, 0.717) is 11.2 Å². The molecule has 0 aromatic heterocycles. The van der Waals surface area contributed by atoms with Gasteiger partial charge in [0.2, 0.25) is 5.91 Å². The molecule has 3 atom stereocenters. The van der Waals surface area contributed by atoms with Crippen molar-refractivity contribution in [2.75, 3.05) is 19.4 Å². The summed E-state index contributed by atoms with van der Waals surface area (Å²) in [5.74, 6) is 1.03. The van der Waals surface area contributed by atoms with E-state index in [2.05, 4.69) is 5.32 Å². The zero-order valence-corrected chi connectivity index (χ0v) is 11.6. The predicted molar refractivity (Wildman–Crippen MR) is 71.9 cm³/mol. The third-order valence-electron chi connectivity index (χ3n) is 3.58. The Morgan fingerprint density at radius 1 is 1.71 bits per heavy atom. The highest BCUT2D eigenvalue weighted by Crippen LogP contribution is 2.35. The first-order valence-corrected chi connectivity index (χ1v) is 7.30. The van der Waals surface area contributed by atoms with Crippen LogP contribution >= 0.6 is 11.8 Å². The van der Waals surface area contributed by atoms with Gasteiger partial charge in [0.15, 0.2) is 0 Å². The molecular weight excluding hydrogens is 236 g/mol. The fourth-order valence-electron chi connectivity index (χ4n) is 2.29. The van der Waals surface area contributed by atoms with Crippen molar-refractivity contribution in [3.05, 3.63) is 0 Å². The zero-order chi connectivity index (χ0) is 12.9. The number of hydrogen-bond donors (Lipinski definition) is 3. The van der Waals surface area contributed by atoms with Crippen molar-refractivity contribution in [3.63, 3.8) is 0 Å². The zero-order valence-electron chi connectivity index (χ0n) is 10.7. The lowest BCUT2D eigenvalue weighted by Gasteiger charge is -2.38. The van der Waals surface area contributed by atoms with E-state index in [4.69, 9.17) is 10.8 Å². The highest BCUT2D eigenvalue weighted by Gasteiger charge is 2.40. The second-order valence-corrected chi connectivity index (χ2v) is 6.37. The summed E-state index contributed by atoms with van der Waals surface area (Å²) >= 11 is 1.86. The van der Waals surface area contributed by atoms with E-state index >= 15 is 0 Å². The van der Waals surface area contributed by atoms with Crippen LogP contribution < -0.4 is 11.1 Å². The van der Waals surface area contributed by atoms with E-state index in [0.717, 1.165) is 31.4 Å². The van der Waals surface area contributed by atoms with Gasteiger partial charge < -0.3 is 16.2 Å². The molecule has 1 amide bonds. The van der Waals surface area contributed by atoms with Crippen LogP contribution in [0.5, 0.6) is 0 Å². The summed E-state index contributed by atoms with van der Waals surface area (Å²) in [6, 6.07) is 0. The van der Waals surface area contributed by atoms with Crippen molar-refractivity contribution >= 4 is 17.7 Å². The molecule has 1 aliphatic rings. The number of carbonyl (C=O) groups is 1. The van der Waals surface area contributed by atoms with Crippen LogP contribution in [0.2, 0.25) is 0 Å². The Hall–Kier alpha value is -0.260. The van der Waals surface area contributed by atoms with Crippen LogP contribution in [-0.2, 0) is 4.79 Å². The number of primary amides is 1. The molecule has 1 aliphatic carbocycles. The molecule has 0 aromatic rings. The van der Waals surface area contributed by atoms with Gasteiger partial charge in [-0.15, -0.1) is 0 Å². The molecule has 0 spiro atoms. The molecule has 100 valence electrons. The number of thioether (sulfide) groups is 1. The van der Waals surface area contributed by atoms with Crippen LogP contribution in [0.3, 0.4) is 0 Å². The average Bonchev–Trinajstić information content (AvgIpc) is 2.35. The minimum absolute atomic E-state index is 0.229. The van der Waals surface area contributed by atoms with Crippen molar-refractivity contribution in [2.24, 2.45) is 11.7 Å². The Kier molecular flexibility index (Phi) is 5.76. The number of hydrogen-bond acceptors (Lipinski definition) is 4. The van der Waals surface area contributed by atoms with Crippen LogP contribution in [0.1, 0.15) is 32.6 Å². The number of aliphatic hydroxyl groups excluding tert-OH is 1. The molecule has 4 nitrogen and oxygen atoms in total. The maximum atomic E-state index is 11.6. The molecule has 1 saturated carbocycles. The number of carbonyl (C=O) groups excluding carboxylic acids is 1. The average molecular weight is 260 g/mol. The van der Waals surface area contributed by atoms with Gasteiger partial charge in [0.05, 0.1) is 5.54 Å². The number of nitrogens with one attached hydrogen (secondary N) is 1. The van der Waals surface area contributed by atoms with E-state index in [1.165, 1.54) is 0 Å². The maximum Gasteiger partial charge on any atom is 0.237 e. The summed E-state index contributed by atoms with van der Waals surface area (Å²) in [4.78, 5) is 11.6. The highest BCUT2D eigenvalue weighted by atomic mass is 32.2. The minimum Gasteiger partial charge on any atom is -0.396 e. The van der Waals surface area contributed by atoms with Crippen molar-refractivity contribution < 1.29 is 9.90 Å². The number of nitrogens with two attached hydrogens (primary N) is 1. The molecule has 0 heterocycles. The van der Waals surface area contributed by atoms with E-state index in [-0.39, 0.29) is 12.5 Å². The van der Waals surface area contributed by atoms with Crippen molar-refractivity contribution in [1.82, 2.24) is 5.32 Å². The molecule has 1 rings (SSSR count). The van der Waals surface area contributed by atoms with E-state index in [1.54, 1.807) is 0 Å². The molecular formula is C12H24N2O2S. The van der Waals surface area contributed by atoms with Gasteiger partial charge in [-0.25, -0.2) is 0 Å². The standard InChI is InChI=1S/C12H24N2O2S/c1-9(7-15)8-17-10-4-3-5-12(6-10,14-2)11(13)16/h9-10,14-15H,3-8H2,1-2H3,(H2,13,16). The molecule has 0 radical (unpaired) electrons. The first-order valence-electron chi connectivity index (χ1n) is 6.25. The lowest BCUT2D eigenvalue weighted by atomic mass is 9.81. The third-order valence-corrected chi connectivity index (χ3v) is 5.22. The summed E-state index contributed by atoms with van der Waals surface area (Å²) in [5, 5.41) is 12.6. The number of aliphatic hydroxyl groups is 1. The first-order chi connectivity index (χ1) is 8.04. The smallest absolute Gasteiger partial charge is 0.237 e. The normalized spacial score (nSPS) is 31.1. The van der Waals surface area contributed by atoms with E-state index in [1.807, 2.05) is 25.7 Å². The fraction of sp³-hybridized carbons (Fsp3) is 0.917. The van der Waals surface area contributed by atoms with Crippen LogP contribution in [0, 0.1) is 5.92 Å². The summed E-state index contributed by atoms with van der Waals surface area (Å²) in [6.45, 7) is 2.27. The molecule has 0 saturated heterocycles. The summed E-state index contributed by atoms with van der Waals surface area (Å²) in [6.07, 6.45) is 3.82. The second-order valence-electron chi connectivity index (χ2n) is 5.04. The SMILES string of the molecule is CNC1(C(N)=O)CCCC(SCC(C)CO)C1. The molecule has 17 heavy (non-hydrogen) atoms. The van der Waals surface area contributed by atoms with Gasteiger partial charge >= 0.3 is 0 Å². The Labute approximate surface area is 108 Å². The Bertz CT molecular complexity index is 263. The van der Waals surface area contributed by atoms with Crippen LogP contribution in [0.15, 0.2) is 0 Å². The van der Waals surface area contributed by atoms with E-state index in [9.17, 15) is 4.79 Å². The Morgan fingerprint density at radius 2 is 2.41 bits per heavy atom. The van der Waals surface area contributed by atoms with Gasteiger partial charge in [0.25, 0.3) is 0 Å². The van der Waals surface area contributed by atoms with Gasteiger partial charge in [0.1, 0.15) is 0 Å². The predicted octanol–water partition coefficient (Wildman–Crippen LogP) is 0.734. The van der Waals surface area contributed by atoms with Gasteiger partial charge in [-0.1, -0.05) is 6.92 Å². The van der Waals surface area contributed by atoms with Crippen LogP contribution in [-0.4, -0.2) is 41.2 Å². The monoisotopic (exact) mass is 260 g/mol. The molecule has 0 bridgehead atoms. The number of likely N-dealkylation sites (N-methyl/N-ethyl adjacent to an activating group) is 1. The largest absolute Gasteiger partial charge is 0.396 e. The second kappa shape index (κ2) is 6.61. The van der Waals surface area contributed by atoms with Crippen molar-refractivity contribution in [1.29, 1.82) is 0 Å². The summed E-state index contributed by atoms with van der Waals surface area (Å²) < 4.78 is 0. The third kappa shape index (κ3) is 3.86. The highest BCUT2D eigenvalue weighted by molar-refractivity contribution is 7.99. The topological polar surface area (TPSA) is 75.3 Å². The van der Waals surface area contributed by atoms with Crippen molar-refractivity contribution in [3.8, 4) is 0 Å². The first kappa shape index (κ1) is 14.8. The Balaban J connectivity index is 2.51. The van der Waals surface area contributed by atoms with Crippen molar-refractivity contribution in [2.45, 2.75) is 43.4 Å². The minimum atomic E-state index is -0.516. The van der Waals surface area contributed by atoms with Crippen LogP contribution in [0.4, 0.5) is 0 Å². The van der Waals surface area contributed by atoms with E-state index < -0.39 is 5.54 Å². The lowest BCUT2D eigenvalue weighted by molar-refractivity contribution is -0.125. The van der Waals surface area contributed by atoms with Gasteiger partial charge in [-0.05, 0) is 44.4 Å². The summed E-state index contributed by atoms with van der Waals surface area (Å²) in [7, 11) is 1.81. The van der Waals surface area contributed by atoms with Gasteiger partial charge in [-0.3, -0.25) is 4.79 Å². The van der Waals surface area contributed by atoms with Gasteiger partial charge in [-0.2, -0.15) is 11.8 Å². The molecule has 5 heteroatoms. The molecule has 4 N–H and O–H groups in total. The number of rotatable bonds is 6.